The molecule has 36 heavy (non-hydrogen) atoms. The summed E-state index contributed by atoms with van der Waals surface area (Å²) in [5.41, 5.74) is 0.142. The van der Waals surface area contributed by atoms with Gasteiger partial charge in [0, 0.05) is 5.57 Å². The molecule has 6 aliphatic carbocycles. The van der Waals surface area contributed by atoms with Crippen LogP contribution in [0.3, 0.4) is 0 Å². The summed E-state index contributed by atoms with van der Waals surface area (Å²) in [5, 5.41) is 9.39. The number of carbonyl (C=O) groups is 3. The second-order valence-corrected chi connectivity index (χ2v) is 13.2. The fraction of sp³-hybridized carbons (Fsp3) is 0.833. The van der Waals surface area contributed by atoms with E-state index in [1.165, 1.54) is 64.7 Å². The minimum absolute atomic E-state index is 0.142. The SMILES string of the molecule is C=C(C)C(=O)OC(CC(=O)O)C(=O)OC(CC1CC2CC1C1CCCC21)C1CC2CC1C1CCCC21. The summed E-state index contributed by atoms with van der Waals surface area (Å²) in [4.78, 5) is 37.0. The summed E-state index contributed by atoms with van der Waals surface area (Å²) in [6.07, 6.45) is 11.8. The Labute approximate surface area is 214 Å². The normalized spacial score (nSPS) is 43.1. The minimum Gasteiger partial charge on any atom is -0.481 e. The molecule has 198 valence electrons. The molecule has 6 fully saturated rings. The fourth-order valence-electron chi connectivity index (χ4n) is 10.4. The van der Waals surface area contributed by atoms with Crippen LogP contribution in [-0.4, -0.2) is 35.2 Å². The standard InChI is InChI=1S/C30H42O6/c1-15(2)29(33)36-27(14-28(31)32)30(34)35-26(25-12-18-11-24(25)22-8-4-6-20(18)22)13-17-9-16-10-23(17)21-7-3-5-19(16)21/h16-27H,1,3-14H2,2H3,(H,31,32). The zero-order chi connectivity index (χ0) is 25.1. The topological polar surface area (TPSA) is 89.9 Å². The van der Waals surface area contributed by atoms with Crippen LogP contribution in [0.2, 0.25) is 0 Å². The summed E-state index contributed by atoms with van der Waals surface area (Å²) in [7, 11) is 0. The van der Waals surface area contributed by atoms with Crippen LogP contribution in [0.25, 0.3) is 0 Å². The molecule has 6 rings (SSSR count). The third-order valence-electron chi connectivity index (χ3n) is 11.5. The van der Waals surface area contributed by atoms with Gasteiger partial charge >= 0.3 is 17.9 Å². The summed E-state index contributed by atoms with van der Waals surface area (Å²) in [6, 6.07) is 0. The molecule has 12 unspecified atom stereocenters. The molecule has 0 aromatic carbocycles. The molecule has 0 heterocycles. The molecule has 6 heteroatoms. The Morgan fingerprint density at radius 3 is 2.11 bits per heavy atom. The molecule has 6 aliphatic rings. The molecule has 0 saturated heterocycles. The average molecular weight is 499 g/mol. The van der Waals surface area contributed by atoms with Crippen LogP contribution in [0, 0.1) is 59.2 Å². The molecule has 0 aliphatic heterocycles. The zero-order valence-corrected chi connectivity index (χ0v) is 21.6. The van der Waals surface area contributed by atoms with Gasteiger partial charge in [-0.3, -0.25) is 4.79 Å². The molecule has 0 aromatic heterocycles. The molecule has 0 amide bonds. The molecule has 4 bridgehead atoms. The first-order valence-corrected chi connectivity index (χ1v) is 14.6. The number of carboxylic acids is 1. The lowest BCUT2D eigenvalue weighted by molar-refractivity contribution is -0.176. The second-order valence-electron chi connectivity index (χ2n) is 13.2. The van der Waals surface area contributed by atoms with Gasteiger partial charge in [-0.15, -0.1) is 0 Å². The smallest absolute Gasteiger partial charge is 0.348 e. The summed E-state index contributed by atoms with van der Waals surface area (Å²) in [5.74, 6) is 4.74. The van der Waals surface area contributed by atoms with Gasteiger partial charge in [0.25, 0.3) is 0 Å². The highest BCUT2D eigenvalue weighted by Crippen LogP contribution is 2.65. The van der Waals surface area contributed by atoms with Crippen molar-refractivity contribution in [3.05, 3.63) is 12.2 Å². The summed E-state index contributed by atoms with van der Waals surface area (Å²) < 4.78 is 11.5. The van der Waals surface area contributed by atoms with Gasteiger partial charge in [0.1, 0.15) is 6.10 Å². The van der Waals surface area contributed by atoms with Gasteiger partial charge in [-0.25, -0.2) is 9.59 Å². The van der Waals surface area contributed by atoms with Crippen molar-refractivity contribution in [1.82, 2.24) is 0 Å². The van der Waals surface area contributed by atoms with Gasteiger partial charge in [-0.1, -0.05) is 19.4 Å². The molecule has 0 radical (unpaired) electrons. The van der Waals surface area contributed by atoms with Gasteiger partial charge in [0.2, 0.25) is 6.10 Å². The largest absolute Gasteiger partial charge is 0.481 e. The van der Waals surface area contributed by atoms with E-state index in [9.17, 15) is 19.5 Å². The van der Waals surface area contributed by atoms with E-state index in [0.717, 1.165) is 54.3 Å². The van der Waals surface area contributed by atoms with Crippen LogP contribution in [0.15, 0.2) is 12.2 Å². The Kier molecular flexibility index (Phi) is 6.44. The van der Waals surface area contributed by atoms with E-state index >= 15 is 0 Å². The van der Waals surface area contributed by atoms with E-state index in [0.29, 0.717) is 17.8 Å². The molecular weight excluding hydrogens is 456 g/mol. The molecule has 1 N–H and O–H groups in total. The highest BCUT2D eigenvalue weighted by molar-refractivity contribution is 5.90. The summed E-state index contributed by atoms with van der Waals surface area (Å²) in [6.45, 7) is 5.06. The number of rotatable bonds is 9. The maximum absolute atomic E-state index is 13.4. The second kappa shape index (κ2) is 9.47. The molecule has 12 atom stereocenters. The third-order valence-corrected chi connectivity index (χ3v) is 11.5. The van der Waals surface area contributed by atoms with E-state index in [1.54, 1.807) is 0 Å². The van der Waals surface area contributed by atoms with E-state index in [-0.39, 0.29) is 11.7 Å². The minimum atomic E-state index is -1.42. The van der Waals surface area contributed by atoms with Crippen LogP contribution >= 0.6 is 0 Å². The van der Waals surface area contributed by atoms with Crippen LogP contribution in [-0.2, 0) is 23.9 Å². The van der Waals surface area contributed by atoms with E-state index in [4.69, 9.17) is 9.47 Å². The van der Waals surface area contributed by atoms with Gasteiger partial charge in [-0.2, -0.15) is 0 Å². The monoisotopic (exact) mass is 498 g/mol. The van der Waals surface area contributed by atoms with Crippen molar-refractivity contribution >= 4 is 17.9 Å². The molecule has 6 saturated carbocycles. The van der Waals surface area contributed by atoms with E-state index in [2.05, 4.69) is 6.58 Å². The molecule has 0 aromatic rings. The van der Waals surface area contributed by atoms with Crippen molar-refractivity contribution in [3.63, 3.8) is 0 Å². The number of fused-ring (bicyclic) bond motifs is 10. The fourth-order valence-corrected chi connectivity index (χ4v) is 10.4. The van der Waals surface area contributed by atoms with E-state index in [1.807, 2.05) is 0 Å². The predicted molar refractivity (Wildman–Crippen MR) is 133 cm³/mol. The van der Waals surface area contributed by atoms with Crippen molar-refractivity contribution in [2.75, 3.05) is 0 Å². The van der Waals surface area contributed by atoms with Gasteiger partial charge < -0.3 is 14.6 Å². The molecule has 6 nitrogen and oxygen atoms in total. The summed E-state index contributed by atoms with van der Waals surface area (Å²) >= 11 is 0. The first kappa shape index (κ1) is 24.5. The van der Waals surface area contributed by atoms with Crippen molar-refractivity contribution < 1.29 is 29.0 Å². The first-order chi connectivity index (χ1) is 17.3. The van der Waals surface area contributed by atoms with Gasteiger partial charge in [-0.05, 0) is 124 Å². The highest BCUT2D eigenvalue weighted by atomic mass is 16.6. The predicted octanol–water partition coefficient (Wildman–Crippen LogP) is 5.40. The molecule has 0 spiro atoms. The number of aliphatic carboxylic acids is 1. The zero-order valence-electron chi connectivity index (χ0n) is 21.6. The van der Waals surface area contributed by atoms with Crippen LogP contribution in [0.4, 0.5) is 0 Å². The van der Waals surface area contributed by atoms with Gasteiger partial charge in [0.15, 0.2) is 0 Å². The van der Waals surface area contributed by atoms with Crippen LogP contribution in [0.5, 0.6) is 0 Å². The number of hydrogen-bond donors (Lipinski definition) is 1. The lowest BCUT2D eigenvalue weighted by Crippen LogP contribution is -2.41. The Hall–Kier alpha value is -1.85. The number of carboxylic acid groups (broad SMARTS) is 1. The number of hydrogen-bond acceptors (Lipinski definition) is 5. The highest BCUT2D eigenvalue weighted by Gasteiger charge is 2.58. The Morgan fingerprint density at radius 1 is 0.833 bits per heavy atom. The quantitative estimate of drug-likeness (QED) is 0.338. The average Bonchev–Trinajstić information content (AvgIpc) is 3.63. The molecular formula is C30H42O6. The Bertz CT molecular complexity index is 926. The van der Waals surface area contributed by atoms with Crippen LogP contribution < -0.4 is 0 Å². The van der Waals surface area contributed by atoms with Crippen molar-refractivity contribution in [2.45, 2.75) is 96.2 Å². The van der Waals surface area contributed by atoms with Gasteiger partial charge in [0.05, 0.1) is 6.42 Å². The van der Waals surface area contributed by atoms with Crippen LogP contribution in [0.1, 0.15) is 84.0 Å². The van der Waals surface area contributed by atoms with Crippen molar-refractivity contribution in [3.8, 4) is 0 Å². The number of esters is 2. The maximum Gasteiger partial charge on any atom is 0.348 e. The Morgan fingerprint density at radius 2 is 1.44 bits per heavy atom. The Balaban J connectivity index is 1.20. The van der Waals surface area contributed by atoms with Crippen molar-refractivity contribution in [1.29, 1.82) is 0 Å². The van der Waals surface area contributed by atoms with Crippen molar-refractivity contribution in [2.24, 2.45) is 59.2 Å². The lowest BCUT2D eigenvalue weighted by atomic mass is 9.69. The first-order valence-electron chi connectivity index (χ1n) is 14.6. The lowest BCUT2D eigenvalue weighted by Gasteiger charge is -2.39. The van der Waals surface area contributed by atoms with E-state index < -0.39 is 30.4 Å². The third kappa shape index (κ3) is 4.20. The maximum atomic E-state index is 13.4. The number of ether oxygens (including phenoxy) is 2. The number of carbonyl (C=O) groups excluding carboxylic acids is 2.